The van der Waals surface area contributed by atoms with E-state index in [1.807, 2.05) is 6.07 Å². The molecule has 0 aliphatic carbocycles. The summed E-state index contributed by atoms with van der Waals surface area (Å²) in [5.41, 5.74) is 0.0336. The molecule has 2 aromatic rings. The van der Waals surface area contributed by atoms with E-state index in [0.29, 0.717) is 37.4 Å². The lowest BCUT2D eigenvalue weighted by molar-refractivity contribution is -0.119. The fourth-order valence-electron chi connectivity index (χ4n) is 3.09. The molecular formula is C20H22FN3O3S. The minimum atomic E-state index is -0.541. The fraction of sp³-hybridized carbons (Fsp3) is 0.350. The molecule has 0 spiro atoms. The van der Waals surface area contributed by atoms with Crippen LogP contribution < -0.4 is 10.6 Å². The van der Waals surface area contributed by atoms with Crippen molar-refractivity contribution in [2.75, 3.05) is 13.1 Å². The van der Waals surface area contributed by atoms with Crippen LogP contribution in [-0.4, -0.2) is 41.8 Å². The summed E-state index contributed by atoms with van der Waals surface area (Å²) in [4.78, 5) is 39.2. The predicted octanol–water partition coefficient (Wildman–Crippen LogP) is 2.56. The number of hydrogen-bond donors (Lipinski definition) is 2. The number of carbonyl (C=O) groups is 3. The van der Waals surface area contributed by atoms with Gasteiger partial charge in [0.05, 0.1) is 17.0 Å². The number of thiophene rings is 1. The zero-order valence-electron chi connectivity index (χ0n) is 15.5. The van der Waals surface area contributed by atoms with E-state index in [-0.39, 0.29) is 23.4 Å². The van der Waals surface area contributed by atoms with E-state index in [1.165, 1.54) is 30.4 Å². The molecule has 3 amide bonds. The van der Waals surface area contributed by atoms with Crippen LogP contribution in [0, 0.1) is 5.82 Å². The molecule has 3 rings (SSSR count). The summed E-state index contributed by atoms with van der Waals surface area (Å²) >= 11 is 1.37. The summed E-state index contributed by atoms with van der Waals surface area (Å²) in [5.74, 6) is -1.12. The smallest absolute Gasteiger partial charge is 0.263 e. The van der Waals surface area contributed by atoms with Crippen LogP contribution in [0.1, 0.15) is 44.7 Å². The number of carbonyl (C=O) groups excluding carboxylic acids is 3. The molecule has 2 N–H and O–H groups in total. The standard InChI is InChI=1S/C20H22FN3O3S/c1-13(25)22-12-15-6-7-18(28-15)20(27)24-10-8-14(9-11-24)23-19(26)16-4-2-3-5-17(16)21/h2-7,14H,8-12H2,1H3,(H,22,25)(H,23,26). The highest BCUT2D eigenvalue weighted by Gasteiger charge is 2.26. The van der Waals surface area contributed by atoms with Crippen molar-refractivity contribution < 1.29 is 18.8 Å². The third-order valence-corrected chi connectivity index (χ3v) is 5.69. The lowest BCUT2D eigenvalue weighted by atomic mass is 10.0. The second kappa shape index (κ2) is 8.97. The second-order valence-electron chi connectivity index (χ2n) is 6.70. The van der Waals surface area contributed by atoms with Gasteiger partial charge in [0.1, 0.15) is 5.82 Å². The Kier molecular flexibility index (Phi) is 6.41. The average Bonchev–Trinajstić information content (AvgIpc) is 3.16. The molecule has 8 heteroatoms. The topological polar surface area (TPSA) is 78.5 Å². The van der Waals surface area contributed by atoms with Gasteiger partial charge >= 0.3 is 0 Å². The first kappa shape index (κ1) is 20.0. The molecule has 1 aliphatic heterocycles. The summed E-state index contributed by atoms with van der Waals surface area (Å²) in [6.45, 7) is 2.92. The second-order valence-corrected chi connectivity index (χ2v) is 7.86. The zero-order chi connectivity index (χ0) is 20.1. The van der Waals surface area contributed by atoms with E-state index in [4.69, 9.17) is 0 Å². The molecule has 28 heavy (non-hydrogen) atoms. The first-order chi connectivity index (χ1) is 13.4. The van der Waals surface area contributed by atoms with E-state index < -0.39 is 11.7 Å². The van der Waals surface area contributed by atoms with Gasteiger partial charge < -0.3 is 15.5 Å². The number of halogens is 1. The van der Waals surface area contributed by atoms with Crippen molar-refractivity contribution in [3.63, 3.8) is 0 Å². The predicted molar refractivity (Wildman–Crippen MR) is 105 cm³/mol. The molecule has 0 saturated carbocycles. The molecule has 6 nitrogen and oxygen atoms in total. The van der Waals surface area contributed by atoms with Crippen molar-refractivity contribution in [2.24, 2.45) is 0 Å². The number of nitrogens with one attached hydrogen (secondary N) is 2. The van der Waals surface area contributed by atoms with Crippen LogP contribution in [0.25, 0.3) is 0 Å². The van der Waals surface area contributed by atoms with Gasteiger partial charge in [0.15, 0.2) is 0 Å². The summed E-state index contributed by atoms with van der Waals surface area (Å²) in [5, 5.41) is 5.57. The first-order valence-corrected chi connectivity index (χ1v) is 9.93. The Morgan fingerprint density at radius 2 is 1.86 bits per heavy atom. The van der Waals surface area contributed by atoms with Gasteiger partial charge in [-0.1, -0.05) is 12.1 Å². The molecule has 1 saturated heterocycles. The van der Waals surface area contributed by atoms with E-state index in [1.54, 1.807) is 23.1 Å². The number of likely N-dealkylation sites (tertiary alicyclic amines) is 1. The molecule has 1 fully saturated rings. The minimum Gasteiger partial charge on any atom is -0.351 e. The minimum absolute atomic E-state index is 0.0336. The fourth-order valence-corrected chi connectivity index (χ4v) is 4.01. The molecule has 0 radical (unpaired) electrons. The largest absolute Gasteiger partial charge is 0.351 e. The summed E-state index contributed by atoms with van der Waals surface area (Å²) in [6.07, 6.45) is 1.24. The van der Waals surface area contributed by atoms with Gasteiger partial charge in [0, 0.05) is 30.9 Å². The van der Waals surface area contributed by atoms with Crippen molar-refractivity contribution in [1.82, 2.24) is 15.5 Å². The average molecular weight is 403 g/mol. The molecule has 148 valence electrons. The number of rotatable bonds is 5. The Morgan fingerprint density at radius 1 is 1.14 bits per heavy atom. The van der Waals surface area contributed by atoms with Crippen LogP contribution in [0.5, 0.6) is 0 Å². The van der Waals surface area contributed by atoms with Gasteiger partial charge in [-0.3, -0.25) is 14.4 Å². The monoisotopic (exact) mass is 403 g/mol. The van der Waals surface area contributed by atoms with Crippen molar-refractivity contribution in [3.8, 4) is 0 Å². The van der Waals surface area contributed by atoms with Gasteiger partial charge in [-0.25, -0.2) is 4.39 Å². The number of nitrogens with zero attached hydrogens (tertiary/aromatic N) is 1. The Morgan fingerprint density at radius 3 is 2.54 bits per heavy atom. The molecule has 1 aromatic heterocycles. The quantitative estimate of drug-likeness (QED) is 0.805. The maximum absolute atomic E-state index is 13.7. The molecule has 0 unspecified atom stereocenters. The van der Waals surface area contributed by atoms with Crippen LogP contribution in [0.3, 0.4) is 0 Å². The summed E-state index contributed by atoms with van der Waals surface area (Å²) < 4.78 is 13.7. The molecule has 1 aromatic carbocycles. The van der Waals surface area contributed by atoms with Gasteiger partial charge in [0.25, 0.3) is 11.8 Å². The van der Waals surface area contributed by atoms with Crippen LogP contribution >= 0.6 is 11.3 Å². The van der Waals surface area contributed by atoms with E-state index in [9.17, 15) is 18.8 Å². The maximum Gasteiger partial charge on any atom is 0.263 e. The number of benzene rings is 1. The van der Waals surface area contributed by atoms with Crippen LogP contribution in [0.2, 0.25) is 0 Å². The van der Waals surface area contributed by atoms with Gasteiger partial charge in [0.2, 0.25) is 5.91 Å². The van der Waals surface area contributed by atoms with Crippen LogP contribution in [0.4, 0.5) is 4.39 Å². The Hall–Kier alpha value is -2.74. The molecule has 1 aliphatic rings. The molecule has 0 bridgehead atoms. The van der Waals surface area contributed by atoms with E-state index in [0.717, 1.165) is 4.88 Å². The number of amides is 3. The maximum atomic E-state index is 13.7. The SMILES string of the molecule is CC(=O)NCc1ccc(C(=O)N2CCC(NC(=O)c3ccccc3F)CC2)s1. The van der Waals surface area contributed by atoms with E-state index in [2.05, 4.69) is 10.6 Å². The van der Waals surface area contributed by atoms with Crippen molar-refractivity contribution in [1.29, 1.82) is 0 Å². The number of piperidine rings is 1. The third kappa shape index (κ3) is 4.95. The highest BCUT2D eigenvalue weighted by atomic mass is 32.1. The third-order valence-electron chi connectivity index (χ3n) is 4.62. The van der Waals surface area contributed by atoms with Gasteiger partial charge in [-0.2, -0.15) is 0 Å². The van der Waals surface area contributed by atoms with Gasteiger partial charge in [-0.15, -0.1) is 11.3 Å². The molecular weight excluding hydrogens is 381 g/mol. The van der Waals surface area contributed by atoms with Crippen LogP contribution in [0.15, 0.2) is 36.4 Å². The highest BCUT2D eigenvalue weighted by Crippen LogP contribution is 2.21. The molecule has 2 heterocycles. The van der Waals surface area contributed by atoms with Gasteiger partial charge in [-0.05, 0) is 37.1 Å². The first-order valence-electron chi connectivity index (χ1n) is 9.12. The molecule has 0 atom stereocenters. The Labute approximate surface area is 166 Å². The lowest BCUT2D eigenvalue weighted by Crippen LogP contribution is -2.46. The normalized spacial score (nSPS) is 14.6. The summed E-state index contributed by atoms with van der Waals surface area (Å²) in [7, 11) is 0. The van der Waals surface area contributed by atoms with Crippen LogP contribution in [-0.2, 0) is 11.3 Å². The van der Waals surface area contributed by atoms with Crippen molar-refractivity contribution >= 4 is 29.1 Å². The highest BCUT2D eigenvalue weighted by molar-refractivity contribution is 7.14. The lowest BCUT2D eigenvalue weighted by Gasteiger charge is -2.32. The number of hydrogen-bond acceptors (Lipinski definition) is 4. The Bertz CT molecular complexity index is 875. The van der Waals surface area contributed by atoms with Crippen molar-refractivity contribution in [3.05, 3.63) is 57.5 Å². The van der Waals surface area contributed by atoms with E-state index >= 15 is 0 Å². The Balaban J connectivity index is 1.51. The van der Waals surface area contributed by atoms with Crippen molar-refractivity contribution in [2.45, 2.75) is 32.4 Å². The summed E-state index contributed by atoms with van der Waals surface area (Å²) in [6, 6.07) is 9.42. The zero-order valence-corrected chi connectivity index (χ0v) is 16.4.